The van der Waals surface area contributed by atoms with Gasteiger partial charge in [-0.1, -0.05) is 6.07 Å². The summed E-state index contributed by atoms with van der Waals surface area (Å²) in [6.45, 7) is 0. The van der Waals surface area contributed by atoms with Crippen molar-refractivity contribution in [2.24, 2.45) is 5.73 Å². The van der Waals surface area contributed by atoms with Crippen molar-refractivity contribution in [2.45, 2.75) is 0 Å². The zero-order valence-electron chi connectivity index (χ0n) is 8.31. The maximum Gasteiger partial charge on any atom is 0.258 e. The maximum atomic E-state index is 11.4. The predicted molar refractivity (Wildman–Crippen MR) is 60.6 cm³/mol. The summed E-state index contributed by atoms with van der Waals surface area (Å²) in [6, 6.07) is 5.09. The number of hydrogen-bond acceptors (Lipinski definition) is 3. The molecule has 80 valence electrons. The van der Waals surface area contributed by atoms with Crippen LogP contribution in [-0.4, -0.2) is 15.9 Å². The van der Waals surface area contributed by atoms with Crippen LogP contribution >= 0.6 is 0 Å². The van der Waals surface area contributed by atoms with Gasteiger partial charge in [0, 0.05) is 6.08 Å². The molecule has 2 aromatic rings. The zero-order valence-corrected chi connectivity index (χ0v) is 8.31. The van der Waals surface area contributed by atoms with E-state index in [1.807, 2.05) is 0 Å². The normalized spacial score (nSPS) is 11.0. The lowest BCUT2D eigenvalue weighted by Crippen LogP contribution is -2.06. The number of amides is 1. The highest BCUT2D eigenvalue weighted by Crippen LogP contribution is 2.10. The van der Waals surface area contributed by atoms with Crippen LogP contribution in [0.15, 0.2) is 35.4 Å². The Morgan fingerprint density at radius 2 is 2.25 bits per heavy atom. The summed E-state index contributed by atoms with van der Waals surface area (Å²) in [5.74, 6) is -0.515. The van der Waals surface area contributed by atoms with Crippen molar-refractivity contribution in [3.8, 4) is 0 Å². The lowest BCUT2D eigenvalue weighted by atomic mass is 10.1. The number of aromatic amines is 1. The number of carbonyl (C=O) groups is 1. The quantitative estimate of drug-likeness (QED) is 0.711. The number of nitrogens with two attached hydrogens (primary N) is 1. The minimum absolute atomic E-state index is 0.185. The molecule has 1 heterocycles. The number of primary amides is 1. The van der Waals surface area contributed by atoms with Gasteiger partial charge >= 0.3 is 0 Å². The van der Waals surface area contributed by atoms with E-state index in [1.54, 1.807) is 24.3 Å². The Morgan fingerprint density at radius 1 is 1.44 bits per heavy atom. The number of H-pyrrole nitrogens is 1. The van der Waals surface area contributed by atoms with E-state index in [0.29, 0.717) is 10.9 Å². The number of aromatic nitrogens is 2. The number of nitrogens with one attached hydrogen (secondary N) is 1. The van der Waals surface area contributed by atoms with Crippen LogP contribution in [-0.2, 0) is 4.79 Å². The first-order valence-corrected chi connectivity index (χ1v) is 4.62. The zero-order chi connectivity index (χ0) is 11.5. The van der Waals surface area contributed by atoms with Gasteiger partial charge in [-0.25, -0.2) is 4.98 Å². The molecule has 1 amide bonds. The number of rotatable bonds is 2. The van der Waals surface area contributed by atoms with Crippen LogP contribution in [0.4, 0.5) is 0 Å². The molecule has 0 bridgehead atoms. The Balaban J connectivity index is 2.53. The van der Waals surface area contributed by atoms with Crippen molar-refractivity contribution in [3.63, 3.8) is 0 Å². The second kappa shape index (κ2) is 3.98. The van der Waals surface area contributed by atoms with Crippen molar-refractivity contribution in [1.82, 2.24) is 9.97 Å². The highest BCUT2D eigenvalue weighted by Gasteiger charge is 1.98. The smallest absolute Gasteiger partial charge is 0.258 e. The Bertz CT molecular complexity index is 628. The second-order valence-corrected chi connectivity index (χ2v) is 3.24. The summed E-state index contributed by atoms with van der Waals surface area (Å²) in [5.41, 5.74) is 6.14. The Labute approximate surface area is 90.6 Å². The first-order chi connectivity index (χ1) is 7.66. The Hall–Kier alpha value is -2.43. The monoisotopic (exact) mass is 215 g/mol. The number of benzene rings is 1. The van der Waals surface area contributed by atoms with E-state index in [1.165, 1.54) is 12.4 Å². The van der Waals surface area contributed by atoms with Crippen LogP contribution in [0.5, 0.6) is 0 Å². The summed E-state index contributed by atoms with van der Waals surface area (Å²) >= 11 is 0. The molecule has 5 heteroatoms. The van der Waals surface area contributed by atoms with Crippen molar-refractivity contribution < 1.29 is 4.79 Å². The van der Waals surface area contributed by atoms with E-state index in [-0.39, 0.29) is 5.56 Å². The summed E-state index contributed by atoms with van der Waals surface area (Å²) in [5, 5.41) is 0.513. The van der Waals surface area contributed by atoms with Gasteiger partial charge in [-0.3, -0.25) is 9.59 Å². The number of carbonyl (C=O) groups excluding carboxylic acids is 1. The van der Waals surface area contributed by atoms with Crippen molar-refractivity contribution >= 4 is 22.9 Å². The molecule has 5 nitrogen and oxygen atoms in total. The van der Waals surface area contributed by atoms with Crippen LogP contribution in [0.1, 0.15) is 5.56 Å². The maximum absolute atomic E-state index is 11.4. The molecule has 1 aromatic heterocycles. The molecule has 0 unspecified atom stereocenters. The summed E-state index contributed by atoms with van der Waals surface area (Å²) < 4.78 is 0. The standard InChI is InChI=1S/C11H9N3O2/c12-10(15)4-2-7-1-3-8-9(5-7)13-6-14-11(8)16/h1-6H,(H2,12,15)(H,13,14,16). The van der Waals surface area contributed by atoms with E-state index < -0.39 is 5.91 Å². The molecule has 2 rings (SSSR count). The average Bonchev–Trinajstić information content (AvgIpc) is 2.26. The van der Waals surface area contributed by atoms with E-state index in [4.69, 9.17) is 5.73 Å². The molecule has 16 heavy (non-hydrogen) atoms. The molecule has 0 aliphatic rings. The fourth-order valence-corrected chi connectivity index (χ4v) is 1.37. The average molecular weight is 215 g/mol. The molecule has 3 N–H and O–H groups in total. The van der Waals surface area contributed by atoms with Crippen LogP contribution in [0.3, 0.4) is 0 Å². The molecule has 0 spiro atoms. The third-order valence-electron chi connectivity index (χ3n) is 2.11. The van der Waals surface area contributed by atoms with Crippen LogP contribution < -0.4 is 11.3 Å². The number of hydrogen-bond donors (Lipinski definition) is 2. The van der Waals surface area contributed by atoms with E-state index >= 15 is 0 Å². The highest BCUT2D eigenvalue weighted by molar-refractivity contribution is 5.91. The van der Waals surface area contributed by atoms with Crippen LogP contribution in [0, 0.1) is 0 Å². The van der Waals surface area contributed by atoms with Crippen LogP contribution in [0.25, 0.3) is 17.0 Å². The third-order valence-corrected chi connectivity index (χ3v) is 2.11. The van der Waals surface area contributed by atoms with Gasteiger partial charge in [-0.15, -0.1) is 0 Å². The van der Waals surface area contributed by atoms with Crippen molar-refractivity contribution in [2.75, 3.05) is 0 Å². The lowest BCUT2D eigenvalue weighted by molar-refractivity contribution is -0.113. The van der Waals surface area contributed by atoms with Crippen LogP contribution in [0.2, 0.25) is 0 Å². The molecule has 1 aromatic carbocycles. The van der Waals surface area contributed by atoms with Gasteiger partial charge in [0.1, 0.15) is 0 Å². The first kappa shape index (κ1) is 10.1. The largest absolute Gasteiger partial charge is 0.366 e. The fraction of sp³-hybridized carbons (Fsp3) is 0. The fourth-order valence-electron chi connectivity index (χ4n) is 1.37. The van der Waals surface area contributed by atoms with E-state index in [0.717, 1.165) is 5.56 Å². The van der Waals surface area contributed by atoms with Gasteiger partial charge < -0.3 is 10.7 Å². The molecule has 0 radical (unpaired) electrons. The van der Waals surface area contributed by atoms with Gasteiger partial charge in [0.2, 0.25) is 5.91 Å². The van der Waals surface area contributed by atoms with Crippen molar-refractivity contribution in [1.29, 1.82) is 0 Å². The van der Waals surface area contributed by atoms with Gasteiger partial charge in [0.25, 0.3) is 5.56 Å². The minimum atomic E-state index is -0.515. The topological polar surface area (TPSA) is 88.8 Å². The molecular weight excluding hydrogens is 206 g/mol. The van der Waals surface area contributed by atoms with E-state index in [9.17, 15) is 9.59 Å². The molecule has 0 saturated carbocycles. The van der Waals surface area contributed by atoms with Gasteiger partial charge in [0.15, 0.2) is 0 Å². The van der Waals surface area contributed by atoms with E-state index in [2.05, 4.69) is 9.97 Å². The molecule has 0 atom stereocenters. The molecule has 0 aliphatic heterocycles. The lowest BCUT2D eigenvalue weighted by Gasteiger charge is -1.97. The summed E-state index contributed by atoms with van der Waals surface area (Å²) in [4.78, 5) is 28.4. The summed E-state index contributed by atoms with van der Waals surface area (Å²) in [6.07, 6.45) is 4.17. The Morgan fingerprint density at radius 3 is 3.00 bits per heavy atom. The molecule has 0 fully saturated rings. The van der Waals surface area contributed by atoms with Gasteiger partial charge in [0.05, 0.1) is 17.2 Å². The van der Waals surface area contributed by atoms with Crippen molar-refractivity contribution in [3.05, 3.63) is 46.5 Å². The number of fused-ring (bicyclic) bond motifs is 1. The number of nitrogens with zero attached hydrogens (tertiary/aromatic N) is 1. The molecular formula is C11H9N3O2. The van der Waals surface area contributed by atoms with Gasteiger partial charge in [-0.05, 0) is 23.8 Å². The second-order valence-electron chi connectivity index (χ2n) is 3.24. The SMILES string of the molecule is NC(=O)C=Cc1ccc2c(=O)[nH]cnc2c1. The predicted octanol–water partition coefficient (Wildman–Crippen LogP) is 0.422. The molecule has 0 aliphatic carbocycles. The third kappa shape index (κ3) is 1.98. The summed E-state index contributed by atoms with van der Waals surface area (Å²) in [7, 11) is 0. The highest BCUT2D eigenvalue weighted by atomic mass is 16.1. The first-order valence-electron chi connectivity index (χ1n) is 4.62. The molecule has 0 saturated heterocycles. The minimum Gasteiger partial charge on any atom is -0.366 e. The van der Waals surface area contributed by atoms with Gasteiger partial charge in [-0.2, -0.15) is 0 Å². The Kier molecular flexibility index (Phi) is 2.51.